The number of rotatable bonds is 7. The standard InChI is InChI=1S/C16H27N5O4/c1-3-5-6-21-14(17)13(15(23)18-16(21)24)20(4-2)12(22)11-19-7-9-25-10-8-19/h3-11,17H2,1-2H3,(H,18,23,24)/p+1. The largest absolute Gasteiger partial charge is 0.383 e. The lowest BCUT2D eigenvalue weighted by molar-refractivity contribution is -0.900. The Morgan fingerprint density at radius 3 is 2.60 bits per heavy atom. The number of anilines is 2. The van der Waals surface area contributed by atoms with Gasteiger partial charge >= 0.3 is 5.69 Å². The van der Waals surface area contributed by atoms with Gasteiger partial charge in [-0.15, -0.1) is 0 Å². The number of ether oxygens (including phenoxy) is 1. The van der Waals surface area contributed by atoms with Crippen LogP contribution in [0.15, 0.2) is 9.59 Å². The van der Waals surface area contributed by atoms with Crippen LogP contribution in [0.5, 0.6) is 0 Å². The molecular formula is C16H28N5O4+. The first kappa shape index (κ1) is 19.2. The molecule has 9 heteroatoms. The Bertz CT molecular complexity index is 705. The highest BCUT2D eigenvalue weighted by Crippen LogP contribution is 2.16. The van der Waals surface area contributed by atoms with E-state index in [2.05, 4.69) is 4.98 Å². The fourth-order valence-electron chi connectivity index (χ4n) is 2.98. The van der Waals surface area contributed by atoms with Gasteiger partial charge in [-0.25, -0.2) is 4.79 Å². The molecule has 4 N–H and O–H groups in total. The summed E-state index contributed by atoms with van der Waals surface area (Å²) in [4.78, 5) is 41.8. The predicted octanol–water partition coefficient (Wildman–Crippen LogP) is -1.81. The zero-order valence-corrected chi connectivity index (χ0v) is 15.0. The molecule has 0 aliphatic carbocycles. The minimum absolute atomic E-state index is 0.0503. The number of hydrogen-bond donors (Lipinski definition) is 3. The van der Waals surface area contributed by atoms with Gasteiger partial charge < -0.3 is 15.4 Å². The van der Waals surface area contributed by atoms with Gasteiger partial charge in [-0.3, -0.25) is 24.0 Å². The van der Waals surface area contributed by atoms with Gasteiger partial charge in [-0.05, 0) is 13.3 Å². The maximum absolute atomic E-state index is 12.7. The molecule has 0 bridgehead atoms. The van der Waals surface area contributed by atoms with Gasteiger partial charge in [-0.2, -0.15) is 0 Å². The van der Waals surface area contributed by atoms with Crippen molar-refractivity contribution in [2.75, 3.05) is 50.0 Å². The molecule has 0 radical (unpaired) electrons. The van der Waals surface area contributed by atoms with E-state index < -0.39 is 11.2 Å². The van der Waals surface area contributed by atoms with Crippen LogP contribution in [-0.4, -0.2) is 54.9 Å². The van der Waals surface area contributed by atoms with E-state index in [0.717, 1.165) is 30.8 Å². The van der Waals surface area contributed by atoms with Crippen LogP contribution in [0.2, 0.25) is 0 Å². The Labute approximate surface area is 146 Å². The normalized spacial score (nSPS) is 15.3. The number of nitrogens with two attached hydrogens (primary N) is 1. The number of likely N-dealkylation sites (N-methyl/N-ethyl adjacent to an activating group) is 1. The number of carbonyl (C=O) groups is 1. The minimum Gasteiger partial charge on any atom is -0.383 e. The molecule has 1 aliphatic rings. The Hall–Kier alpha value is -2.13. The summed E-state index contributed by atoms with van der Waals surface area (Å²) in [6.07, 6.45) is 1.64. The van der Waals surface area contributed by atoms with Gasteiger partial charge in [0.1, 0.15) is 18.9 Å². The number of aromatic amines is 1. The summed E-state index contributed by atoms with van der Waals surface area (Å²) in [5.74, 6) is -0.133. The summed E-state index contributed by atoms with van der Waals surface area (Å²) >= 11 is 0. The molecule has 25 heavy (non-hydrogen) atoms. The summed E-state index contributed by atoms with van der Waals surface area (Å²) in [5, 5.41) is 0. The van der Waals surface area contributed by atoms with Crippen molar-refractivity contribution in [1.29, 1.82) is 0 Å². The number of nitrogens with one attached hydrogen (secondary N) is 2. The average molecular weight is 354 g/mol. The quantitative estimate of drug-likeness (QED) is 0.534. The highest BCUT2D eigenvalue weighted by molar-refractivity contribution is 5.96. The number of amides is 1. The Balaban J connectivity index is 2.30. The zero-order valence-electron chi connectivity index (χ0n) is 15.0. The molecule has 1 aliphatic heterocycles. The molecule has 2 heterocycles. The zero-order chi connectivity index (χ0) is 18.4. The maximum Gasteiger partial charge on any atom is 0.330 e. The van der Waals surface area contributed by atoms with Crippen LogP contribution >= 0.6 is 0 Å². The molecule has 1 aromatic rings. The molecule has 0 saturated carbocycles. The van der Waals surface area contributed by atoms with Crippen molar-refractivity contribution >= 4 is 17.4 Å². The third kappa shape index (κ3) is 4.49. The highest BCUT2D eigenvalue weighted by Gasteiger charge is 2.26. The van der Waals surface area contributed by atoms with E-state index in [4.69, 9.17) is 10.5 Å². The van der Waals surface area contributed by atoms with Crippen LogP contribution in [-0.2, 0) is 16.1 Å². The molecular weight excluding hydrogens is 326 g/mol. The van der Waals surface area contributed by atoms with E-state index in [1.54, 1.807) is 6.92 Å². The lowest BCUT2D eigenvalue weighted by Crippen LogP contribution is -3.15. The second-order valence-corrected chi connectivity index (χ2v) is 6.18. The molecule has 140 valence electrons. The summed E-state index contributed by atoms with van der Waals surface area (Å²) in [7, 11) is 0. The lowest BCUT2D eigenvalue weighted by atomic mass is 10.3. The number of aromatic nitrogens is 2. The summed E-state index contributed by atoms with van der Waals surface area (Å²) in [6.45, 7) is 7.53. The van der Waals surface area contributed by atoms with Gasteiger partial charge in [0, 0.05) is 13.1 Å². The molecule has 1 saturated heterocycles. The SMILES string of the molecule is CCCCn1c(N)c(N(CC)C(=O)C[NH+]2CCOCC2)c(=O)[nH]c1=O. The molecule has 0 atom stereocenters. The van der Waals surface area contributed by atoms with Crippen molar-refractivity contribution in [2.24, 2.45) is 0 Å². The van der Waals surface area contributed by atoms with Gasteiger partial charge in [0.05, 0.1) is 13.2 Å². The maximum atomic E-state index is 12.7. The number of unbranched alkanes of at least 4 members (excludes halogenated alkanes) is 1. The van der Waals surface area contributed by atoms with E-state index in [-0.39, 0.29) is 24.0 Å². The number of H-pyrrole nitrogens is 1. The van der Waals surface area contributed by atoms with Crippen molar-refractivity contribution < 1.29 is 14.4 Å². The van der Waals surface area contributed by atoms with E-state index in [1.165, 1.54) is 9.47 Å². The van der Waals surface area contributed by atoms with Crippen LogP contribution in [0.1, 0.15) is 26.7 Å². The second-order valence-electron chi connectivity index (χ2n) is 6.18. The Morgan fingerprint density at radius 1 is 1.32 bits per heavy atom. The molecule has 0 spiro atoms. The summed E-state index contributed by atoms with van der Waals surface area (Å²) in [5.41, 5.74) is 5.00. The predicted molar refractivity (Wildman–Crippen MR) is 95.1 cm³/mol. The Kier molecular flexibility index (Phi) is 6.77. The fraction of sp³-hybridized carbons (Fsp3) is 0.688. The van der Waals surface area contributed by atoms with Crippen LogP contribution in [0.25, 0.3) is 0 Å². The van der Waals surface area contributed by atoms with Crippen molar-refractivity contribution in [3.63, 3.8) is 0 Å². The van der Waals surface area contributed by atoms with Crippen LogP contribution in [0, 0.1) is 0 Å². The third-order valence-electron chi connectivity index (χ3n) is 4.44. The summed E-state index contributed by atoms with van der Waals surface area (Å²) < 4.78 is 6.63. The van der Waals surface area contributed by atoms with Gasteiger partial charge in [-0.1, -0.05) is 13.3 Å². The molecule has 0 unspecified atom stereocenters. The molecule has 0 aromatic carbocycles. The van der Waals surface area contributed by atoms with Crippen LogP contribution in [0.3, 0.4) is 0 Å². The van der Waals surface area contributed by atoms with Gasteiger partial charge in [0.25, 0.3) is 11.5 Å². The number of quaternary nitrogens is 1. The highest BCUT2D eigenvalue weighted by atomic mass is 16.5. The molecule has 1 amide bonds. The average Bonchev–Trinajstić information content (AvgIpc) is 2.59. The topological polar surface area (TPSA) is 115 Å². The molecule has 2 rings (SSSR count). The smallest absolute Gasteiger partial charge is 0.330 e. The van der Waals surface area contributed by atoms with Crippen molar-refractivity contribution in [3.05, 3.63) is 20.8 Å². The van der Waals surface area contributed by atoms with Gasteiger partial charge in [0.15, 0.2) is 12.2 Å². The molecule has 1 fully saturated rings. The molecule has 9 nitrogen and oxygen atoms in total. The summed E-state index contributed by atoms with van der Waals surface area (Å²) in [6, 6.07) is 0. The van der Waals surface area contributed by atoms with Crippen molar-refractivity contribution in [1.82, 2.24) is 9.55 Å². The number of carbonyl (C=O) groups excluding carboxylic acids is 1. The monoisotopic (exact) mass is 354 g/mol. The first-order valence-corrected chi connectivity index (χ1v) is 8.83. The van der Waals surface area contributed by atoms with E-state index in [1.807, 2.05) is 6.92 Å². The fourth-order valence-corrected chi connectivity index (χ4v) is 2.98. The van der Waals surface area contributed by atoms with E-state index in [0.29, 0.717) is 26.3 Å². The van der Waals surface area contributed by atoms with Crippen molar-refractivity contribution in [3.8, 4) is 0 Å². The minimum atomic E-state index is -0.623. The number of nitrogens with zero attached hydrogens (tertiary/aromatic N) is 2. The van der Waals surface area contributed by atoms with Crippen LogP contribution in [0.4, 0.5) is 11.5 Å². The number of hydrogen-bond acceptors (Lipinski definition) is 5. The number of nitrogen functional groups attached to an aromatic ring is 1. The van der Waals surface area contributed by atoms with Crippen molar-refractivity contribution in [2.45, 2.75) is 33.2 Å². The van der Waals surface area contributed by atoms with Gasteiger partial charge in [0.2, 0.25) is 0 Å². The lowest BCUT2D eigenvalue weighted by Gasteiger charge is -2.27. The van der Waals surface area contributed by atoms with E-state index in [9.17, 15) is 14.4 Å². The number of morpholine rings is 1. The molecule has 1 aromatic heterocycles. The van der Waals surface area contributed by atoms with Crippen LogP contribution < -0.4 is 26.8 Å². The second kappa shape index (κ2) is 8.82. The van der Waals surface area contributed by atoms with E-state index >= 15 is 0 Å². The first-order chi connectivity index (χ1) is 12.0. The first-order valence-electron chi connectivity index (χ1n) is 8.83. The third-order valence-corrected chi connectivity index (χ3v) is 4.44. The Morgan fingerprint density at radius 2 is 2.00 bits per heavy atom.